The second-order valence-electron chi connectivity index (χ2n) is 3.76. The van der Waals surface area contributed by atoms with E-state index in [9.17, 15) is 0 Å². The van der Waals surface area contributed by atoms with Gasteiger partial charge in [0, 0.05) is 20.7 Å². The number of methoxy groups -OCH3 is 1. The Labute approximate surface area is 74.8 Å². The third kappa shape index (κ3) is 2.73. The SMILES string of the molecule is COC(CN(C)N)C1CCCC1. The first-order chi connectivity index (χ1) is 5.74. The molecule has 0 amide bonds. The summed E-state index contributed by atoms with van der Waals surface area (Å²) in [5, 5.41) is 1.71. The van der Waals surface area contributed by atoms with Gasteiger partial charge in [-0.05, 0) is 18.8 Å². The average molecular weight is 172 g/mol. The maximum atomic E-state index is 5.59. The highest BCUT2D eigenvalue weighted by Crippen LogP contribution is 2.28. The molecule has 0 spiro atoms. The Kier molecular flexibility index (Phi) is 3.98. The Balaban J connectivity index is 2.32. The lowest BCUT2D eigenvalue weighted by Gasteiger charge is -2.24. The van der Waals surface area contributed by atoms with Crippen molar-refractivity contribution >= 4 is 0 Å². The van der Waals surface area contributed by atoms with Crippen LogP contribution in [0.4, 0.5) is 0 Å². The minimum absolute atomic E-state index is 0.336. The zero-order chi connectivity index (χ0) is 8.97. The van der Waals surface area contributed by atoms with E-state index in [0.29, 0.717) is 6.10 Å². The largest absolute Gasteiger partial charge is 0.380 e. The molecule has 1 unspecified atom stereocenters. The zero-order valence-corrected chi connectivity index (χ0v) is 8.12. The molecule has 1 rings (SSSR count). The van der Waals surface area contributed by atoms with Crippen molar-refractivity contribution in [2.24, 2.45) is 11.8 Å². The summed E-state index contributed by atoms with van der Waals surface area (Å²) in [5.41, 5.74) is 0. The third-order valence-electron chi connectivity index (χ3n) is 2.70. The van der Waals surface area contributed by atoms with E-state index in [-0.39, 0.29) is 0 Å². The van der Waals surface area contributed by atoms with Crippen LogP contribution < -0.4 is 5.84 Å². The molecule has 3 nitrogen and oxygen atoms in total. The van der Waals surface area contributed by atoms with Crippen LogP contribution in [0.5, 0.6) is 0 Å². The number of ether oxygens (including phenoxy) is 1. The van der Waals surface area contributed by atoms with Crippen LogP contribution in [-0.2, 0) is 4.74 Å². The molecule has 1 aliphatic rings. The number of nitrogens with zero attached hydrogens (tertiary/aromatic N) is 1. The maximum absolute atomic E-state index is 5.59. The molecule has 2 N–H and O–H groups in total. The number of hydrazine groups is 1. The summed E-state index contributed by atoms with van der Waals surface area (Å²) in [7, 11) is 3.67. The quantitative estimate of drug-likeness (QED) is 0.508. The van der Waals surface area contributed by atoms with Gasteiger partial charge in [-0.2, -0.15) is 0 Å². The summed E-state index contributed by atoms with van der Waals surface area (Å²) < 4.78 is 5.42. The van der Waals surface area contributed by atoms with E-state index in [1.54, 1.807) is 12.1 Å². The van der Waals surface area contributed by atoms with Gasteiger partial charge in [-0.3, -0.25) is 5.84 Å². The monoisotopic (exact) mass is 172 g/mol. The molecule has 1 aliphatic carbocycles. The molecule has 0 bridgehead atoms. The summed E-state index contributed by atoms with van der Waals surface area (Å²) in [6, 6.07) is 0. The molecule has 1 saturated carbocycles. The molecule has 0 radical (unpaired) electrons. The van der Waals surface area contributed by atoms with Crippen molar-refractivity contribution in [3.05, 3.63) is 0 Å². The van der Waals surface area contributed by atoms with E-state index in [2.05, 4.69) is 0 Å². The standard InChI is InChI=1S/C9H20N2O/c1-11(10)7-9(12-2)8-5-3-4-6-8/h8-9H,3-7,10H2,1-2H3. The van der Waals surface area contributed by atoms with Crippen LogP contribution in [0.2, 0.25) is 0 Å². The molecule has 3 heteroatoms. The minimum atomic E-state index is 0.336. The lowest BCUT2D eigenvalue weighted by Crippen LogP contribution is -2.38. The number of rotatable bonds is 4. The van der Waals surface area contributed by atoms with Crippen LogP contribution in [0, 0.1) is 5.92 Å². The van der Waals surface area contributed by atoms with Gasteiger partial charge in [-0.1, -0.05) is 12.8 Å². The predicted molar refractivity (Wildman–Crippen MR) is 49.6 cm³/mol. The van der Waals surface area contributed by atoms with Crippen LogP contribution in [0.15, 0.2) is 0 Å². The van der Waals surface area contributed by atoms with Gasteiger partial charge in [0.15, 0.2) is 0 Å². The predicted octanol–water partition coefficient (Wildman–Crippen LogP) is 0.997. The molecule has 1 atom stereocenters. The van der Waals surface area contributed by atoms with Gasteiger partial charge >= 0.3 is 0 Å². The molecule has 0 aromatic rings. The van der Waals surface area contributed by atoms with Crippen molar-refractivity contribution < 1.29 is 4.74 Å². The smallest absolute Gasteiger partial charge is 0.0740 e. The van der Waals surface area contributed by atoms with Gasteiger partial charge in [0.05, 0.1) is 6.10 Å². The van der Waals surface area contributed by atoms with Crippen molar-refractivity contribution in [2.45, 2.75) is 31.8 Å². The lowest BCUT2D eigenvalue weighted by atomic mass is 10.0. The zero-order valence-electron chi connectivity index (χ0n) is 8.12. The van der Waals surface area contributed by atoms with Gasteiger partial charge in [-0.15, -0.1) is 0 Å². The van der Waals surface area contributed by atoms with Crippen molar-refractivity contribution in [1.82, 2.24) is 5.01 Å². The first-order valence-corrected chi connectivity index (χ1v) is 4.72. The summed E-state index contributed by atoms with van der Waals surface area (Å²) in [5.74, 6) is 6.33. The normalized spacial score (nSPS) is 22.0. The number of hydrogen-bond acceptors (Lipinski definition) is 3. The first kappa shape index (κ1) is 9.96. The van der Waals surface area contributed by atoms with E-state index in [1.807, 2.05) is 7.05 Å². The van der Waals surface area contributed by atoms with Crippen molar-refractivity contribution in [3.8, 4) is 0 Å². The molecule has 1 fully saturated rings. The van der Waals surface area contributed by atoms with Crippen LogP contribution in [0.3, 0.4) is 0 Å². The van der Waals surface area contributed by atoms with E-state index < -0.39 is 0 Å². The average Bonchev–Trinajstić information content (AvgIpc) is 2.51. The molecule has 12 heavy (non-hydrogen) atoms. The lowest BCUT2D eigenvalue weighted by molar-refractivity contribution is 0.0294. The van der Waals surface area contributed by atoms with Gasteiger partial charge in [0.1, 0.15) is 0 Å². The van der Waals surface area contributed by atoms with Crippen LogP contribution in [0.25, 0.3) is 0 Å². The first-order valence-electron chi connectivity index (χ1n) is 4.72. The highest BCUT2D eigenvalue weighted by molar-refractivity contribution is 4.76. The molecular formula is C9H20N2O. The highest BCUT2D eigenvalue weighted by atomic mass is 16.5. The Morgan fingerprint density at radius 2 is 2.08 bits per heavy atom. The van der Waals surface area contributed by atoms with Gasteiger partial charge in [0.25, 0.3) is 0 Å². The molecule has 0 saturated heterocycles. The Hall–Kier alpha value is -0.120. The molecule has 0 aliphatic heterocycles. The second kappa shape index (κ2) is 4.80. The summed E-state index contributed by atoms with van der Waals surface area (Å²) in [4.78, 5) is 0. The topological polar surface area (TPSA) is 38.5 Å². The number of likely N-dealkylation sites (N-methyl/N-ethyl adjacent to an activating group) is 1. The third-order valence-corrected chi connectivity index (χ3v) is 2.70. The number of nitrogens with two attached hydrogens (primary N) is 1. The van der Waals surface area contributed by atoms with Crippen LogP contribution >= 0.6 is 0 Å². The van der Waals surface area contributed by atoms with Crippen molar-refractivity contribution in [1.29, 1.82) is 0 Å². The fourth-order valence-electron chi connectivity index (χ4n) is 2.03. The summed E-state index contributed by atoms with van der Waals surface area (Å²) >= 11 is 0. The fraction of sp³-hybridized carbons (Fsp3) is 1.00. The highest BCUT2D eigenvalue weighted by Gasteiger charge is 2.25. The van der Waals surface area contributed by atoms with E-state index >= 15 is 0 Å². The maximum Gasteiger partial charge on any atom is 0.0740 e. The van der Waals surface area contributed by atoms with Crippen molar-refractivity contribution in [3.63, 3.8) is 0 Å². The van der Waals surface area contributed by atoms with E-state index in [0.717, 1.165) is 12.5 Å². The molecular weight excluding hydrogens is 152 g/mol. The molecule has 72 valence electrons. The molecule has 0 aromatic carbocycles. The Morgan fingerprint density at radius 1 is 1.50 bits per heavy atom. The van der Waals surface area contributed by atoms with Gasteiger partial charge in [0.2, 0.25) is 0 Å². The van der Waals surface area contributed by atoms with Crippen LogP contribution in [0.1, 0.15) is 25.7 Å². The van der Waals surface area contributed by atoms with Gasteiger partial charge in [-0.25, -0.2) is 5.01 Å². The van der Waals surface area contributed by atoms with Crippen molar-refractivity contribution in [2.75, 3.05) is 20.7 Å². The van der Waals surface area contributed by atoms with E-state index in [4.69, 9.17) is 10.6 Å². The minimum Gasteiger partial charge on any atom is -0.380 e. The summed E-state index contributed by atoms with van der Waals surface area (Å²) in [6.45, 7) is 0.848. The van der Waals surface area contributed by atoms with Gasteiger partial charge < -0.3 is 4.74 Å². The summed E-state index contributed by atoms with van der Waals surface area (Å²) in [6.07, 6.45) is 5.68. The Morgan fingerprint density at radius 3 is 2.50 bits per heavy atom. The van der Waals surface area contributed by atoms with Crippen LogP contribution in [-0.4, -0.2) is 31.8 Å². The molecule has 0 heterocycles. The van der Waals surface area contributed by atoms with E-state index in [1.165, 1.54) is 25.7 Å². The fourth-order valence-corrected chi connectivity index (χ4v) is 2.03. The second-order valence-corrected chi connectivity index (χ2v) is 3.76. The number of hydrogen-bond donors (Lipinski definition) is 1. The Bertz CT molecular complexity index is 122. The molecule has 0 aromatic heterocycles.